The molecule has 0 radical (unpaired) electrons. The van der Waals surface area contributed by atoms with Gasteiger partial charge in [-0.1, -0.05) is 12.1 Å². The van der Waals surface area contributed by atoms with E-state index in [0.29, 0.717) is 24.4 Å². The summed E-state index contributed by atoms with van der Waals surface area (Å²) in [6.07, 6.45) is 7.84. The number of rotatable bonds is 6. The van der Waals surface area contributed by atoms with Crippen molar-refractivity contribution >= 4 is 22.5 Å². The Kier molecular flexibility index (Phi) is 6.33. The van der Waals surface area contributed by atoms with E-state index < -0.39 is 0 Å². The number of furan rings is 1. The lowest BCUT2D eigenvalue weighted by molar-refractivity contribution is 0.0815. The van der Waals surface area contributed by atoms with Crippen molar-refractivity contribution in [2.75, 3.05) is 44.3 Å². The SMILES string of the molecule is CN1CCN([C@H]2CC[C@@H](n3nc(-c4ccc(NCc5ccco5)cc4)c4c(N)ncnc43)CC2)CC1. The lowest BCUT2D eigenvalue weighted by atomic mass is 9.90. The molecule has 2 fully saturated rings. The van der Waals surface area contributed by atoms with Gasteiger partial charge in [-0.3, -0.25) is 4.90 Å². The average molecular weight is 487 g/mol. The number of nitrogens with zero attached hydrogens (tertiary/aromatic N) is 6. The maximum atomic E-state index is 6.36. The molecule has 36 heavy (non-hydrogen) atoms. The fraction of sp³-hybridized carbons (Fsp3) is 0.444. The number of nitrogens with one attached hydrogen (secondary N) is 1. The van der Waals surface area contributed by atoms with Crippen LogP contribution in [0.4, 0.5) is 11.5 Å². The molecule has 6 rings (SSSR count). The highest BCUT2D eigenvalue weighted by Crippen LogP contribution is 2.37. The van der Waals surface area contributed by atoms with E-state index in [0.717, 1.165) is 46.6 Å². The highest BCUT2D eigenvalue weighted by molar-refractivity contribution is 5.98. The summed E-state index contributed by atoms with van der Waals surface area (Å²) in [5, 5.41) is 9.32. The molecule has 0 spiro atoms. The van der Waals surface area contributed by atoms with Gasteiger partial charge in [-0.2, -0.15) is 5.10 Å². The summed E-state index contributed by atoms with van der Waals surface area (Å²) in [5.41, 5.74) is 10.1. The molecule has 9 heteroatoms. The Bertz CT molecular complexity index is 1280. The largest absolute Gasteiger partial charge is 0.467 e. The maximum Gasteiger partial charge on any atom is 0.164 e. The first kappa shape index (κ1) is 23.0. The predicted octanol–water partition coefficient (Wildman–Crippen LogP) is 4.01. The molecule has 4 heterocycles. The summed E-state index contributed by atoms with van der Waals surface area (Å²) < 4.78 is 7.52. The fourth-order valence-corrected chi connectivity index (χ4v) is 5.66. The van der Waals surface area contributed by atoms with Crippen LogP contribution in [0, 0.1) is 0 Å². The molecule has 188 valence electrons. The van der Waals surface area contributed by atoms with Crippen molar-refractivity contribution in [3.63, 3.8) is 0 Å². The van der Waals surface area contributed by atoms with E-state index in [-0.39, 0.29) is 0 Å². The molecule has 3 N–H and O–H groups in total. The Hall–Kier alpha value is -3.43. The van der Waals surface area contributed by atoms with Crippen LogP contribution in [0.1, 0.15) is 37.5 Å². The van der Waals surface area contributed by atoms with Gasteiger partial charge in [-0.25, -0.2) is 14.6 Å². The number of likely N-dealkylation sites (N-methyl/N-ethyl adjacent to an activating group) is 1. The zero-order chi connectivity index (χ0) is 24.5. The van der Waals surface area contributed by atoms with Crippen LogP contribution >= 0.6 is 0 Å². The normalized spacial score (nSPS) is 21.7. The van der Waals surface area contributed by atoms with Crippen molar-refractivity contribution in [3.05, 3.63) is 54.7 Å². The second-order valence-electron chi connectivity index (χ2n) is 10.1. The van der Waals surface area contributed by atoms with E-state index >= 15 is 0 Å². The van der Waals surface area contributed by atoms with Crippen molar-refractivity contribution in [1.29, 1.82) is 0 Å². The fourth-order valence-electron chi connectivity index (χ4n) is 5.66. The average Bonchev–Trinajstić information content (AvgIpc) is 3.57. The highest BCUT2D eigenvalue weighted by atomic mass is 16.3. The molecule has 1 saturated carbocycles. The molecule has 4 aromatic rings. The van der Waals surface area contributed by atoms with Crippen molar-refractivity contribution in [2.45, 2.75) is 44.3 Å². The van der Waals surface area contributed by atoms with Crippen molar-refractivity contribution < 1.29 is 4.42 Å². The molecule has 2 aliphatic rings. The van der Waals surface area contributed by atoms with Crippen molar-refractivity contribution in [2.24, 2.45) is 0 Å². The van der Waals surface area contributed by atoms with E-state index in [1.165, 1.54) is 39.0 Å². The number of nitrogens with two attached hydrogens (primary N) is 1. The zero-order valence-corrected chi connectivity index (χ0v) is 20.8. The van der Waals surface area contributed by atoms with E-state index in [1.807, 2.05) is 12.1 Å². The molecule has 0 amide bonds. The van der Waals surface area contributed by atoms with Crippen LogP contribution in [-0.2, 0) is 6.54 Å². The molecular weight excluding hydrogens is 452 g/mol. The van der Waals surface area contributed by atoms with Gasteiger partial charge in [-0.15, -0.1) is 0 Å². The Balaban J connectivity index is 1.21. The molecule has 1 saturated heterocycles. The summed E-state index contributed by atoms with van der Waals surface area (Å²) in [4.78, 5) is 14.0. The summed E-state index contributed by atoms with van der Waals surface area (Å²) in [6.45, 7) is 5.33. The number of hydrogen-bond acceptors (Lipinski definition) is 8. The second-order valence-corrected chi connectivity index (χ2v) is 10.1. The van der Waals surface area contributed by atoms with E-state index in [1.54, 1.807) is 12.6 Å². The first-order chi connectivity index (χ1) is 17.7. The number of nitrogen functional groups attached to an aromatic ring is 1. The monoisotopic (exact) mass is 486 g/mol. The predicted molar refractivity (Wildman–Crippen MR) is 142 cm³/mol. The van der Waals surface area contributed by atoms with Gasteiger partial charge in [0.1, 0.15) is 23.6 Å². The van der Waals surface area contributed by atoms with Gasteiger partial charge in [-0.05, 0) is 57.0 Å². The zero-order valence-electron chi connectivity index (χ0n) is 20.8. The minimum atomic E-state index is 0.327. The van der Waals surface area contributed by atoms with E-state index in [2.05, 4.69) is 61.1 Å². The third-order valence-corrected chi connectivity index (χ3v) is 7.79. The van der Waals surface area contributed by atoms with Crippen LogP contribution in [0.2, 0.25) is 0 Å². The van der Waals surface area contributed by atoms with Crippen LogP contribution in [-0.4, -0.2) is 68.8 Å². The minimum absolute atomic E-state index is 0.327. The summed E-state index contributed by atoms with van der Waals surface area (Å²) in [5.74, 6) is 1.38. The van der Waals surface area contributed by atoms with Crippen LogP contribution in [0.3, 0.4) is 0 Å². The van der Waals surface area contributed by atoms with Gasteiger partial charge in [0, 0.05) is 43.5 Å². The van der Waals surface area contributed by atoms with Crippen LogP contribution < -0.4 is 11.1 Å². The number of piperazine rings is 1. The first-order valence-electron chi connectivity index (χ1n) is 12.9. The van der Waals surface area contributed by atoms with Crippen molar-refractivity contribution in [3.8, 4) is 11.3 Å². The van der Waals surface area contributed by atoms with E-state index in [9.17, 15) is 0 Å². The maximum absolute atomic E-state index is 6.36. The molecule has 3 aromatic heterocycles. The van der Waals surface area contributed by atoms with Gasteiger partial charge in [0.15, 0.2) is 5.65 Å². The van der Waals surface area contributed by atoms with Gasteiger partial charge < -0.3 is 20.4 Å². The van der Waals surface area contributed by atoms with Gasteiger partial charge >= 0.3 is 0 Å². The summed E-state index contributed by atoms with van der Waals surface area (Å²) in [6, 6.07) is 13.1. The second kappa shape index (κ2) is 9.91. The Labute approximate surface area is 211 Å². The van der Waals surface area contributed by atoms with Gasteiger partial charge in [0.25, 0.3) is 0 Å². The van der Waals surface area contributed by atoms with Crippen molar-refractivity contribution in [1.82, 2.24) is 29.5 Å². The number of anilines is 2. The third kappa shape index (κ3) is 4.56. The Morgan fingerprint density at radius 2 is 1.72 bits per heavy atom. The van der Waals surface area contributed by atoms with Gasteiger partial charge in [0.05, 0.1) is 24.2 Å². The summed E-state index contributed by atoms with van der Waals surface area (Å²) in [7, 11) is 2.22. The number of benzene rings is 1. The van der Waals surface area contributed by atoms with Crippen LogP contribution in [0.5, 0.6) is 0 Å². The molecule has 0 atom stereocenters. The van der Waals surface area contributed by atoms with E-state index in [4.69, 9.17) is 15.2 Å². The topological polar surface area (TPSA) is 101 Å². The lowest BCUT2D eigenvalue weighted by Gasteiger charge is -2.41. The Morgan fingerprint density at radius 1 is 0.972 bits per heavy atom. The number of hydrogen-bond donors (Lipinski definition) is 2. The smallest absolute Gasteiger partial charge is 0.164 e. The third-order valence-electron chi connectivity index (χ3n) is 7.79. The molecule has 0 unspecified atom stereocenters. The highest BCUT2D eigenvalue weighted by Gasteiger charge is 2.30. The molecule has 1 aliphatic heterocycles. The van der Waals surface area contributed by atoms with Gasteiger partial charge in [0.2, 0.25) is 0 Å². The lowest BCUT2D eigenvalue weighted by Crippen LogP contribution is -2.49. The standard InChI is InChI=1S/C27H34N8O/c1-33-12-14-34(15-13-33)21-8-10-22(11-9-21)35-27-24(26(28)30-18-31-27)25(32-35)19-4-6-20(7-5-19)29-17-23-3-2-16-36-23/h2-7,16,18,21-22,29H,8-15,17H2,1H3,(H2,28,30,31)/t21-,22+. The molecular formula is C27H34N8O. The molecule has 0 bridgehead atoms. The number of fused-ring (bicyclic) bond motifs is 1. The number of aromatic nitrogens is 4. The molecule has 9 nitrogen and oxygen atoms in total. The Morgan fingerprint density at radius 3 is 2.44 bits per heavy atom. The van der Waals surface area contributed by atoms with Crippen LogP contribution in [0.25, 0.3) is 22.3 Å². The molecule has 1 aromatic carbocycles. The summed E-state index contributed by atoms with van der Waals surface area (Å²) >= 11 is 0. The quantitative estimate of drug-likeness (QED) is 0.422. The first-order valence-corrected chi connectivity index (χ1v) is 12.9. The minimum Gasteiger partial charge on any atom is -0.467 e. The van der Waals surface area contributed by atoms with Crippen LogP contribution in [0.15, 0.2) is 53.4 Å². The molecule has 1 aliphatic carbocycles.